The predicted octanol–water partition coefficient (Wildman–Crippen LogP) is 1.42. The minimum Gasteiger partial charge on any atom is -0.467 e. The molecule has 0 radical (unpaired) electrons. The monoisotopic (exact) mass is 464 g/mol. The predicted molar refractivity (Wildman–Crippen MR) is 117 cm³/mol. The third-order valence-corrected chi connectivity index (χ3v) is 6.70. The molecule has 4 heterocycles. The van der Waals surface area contributed by atoms with E-state index in [4.69, 9.17) is 4.74 Å². The Kier molecular flexibility index (Phi) is 5.45. The van der Waals surface area contributed by atoms with Crippen LogP contribution in [-0.2, 0) is 16.1 Å². The van der Waals surface area contributed by atoms with Crippen molar-refractivity contribution >= 4 is 11.9 Å². The van der Waals surface area contributed by atoms with Crippen LogP contribution in [0.1, 0.15) is 22.2 Å². The first kappa shape index (κ1) is 21.9. The van der Waals surface area contributed by atoms with Gasteiger partial charge in [-0.1, -0.05) is 18.2 Å². The van der Waals surface area contributed by atoms with E-state index in [2.05, 4.69) is 9.97 Å². The van der Waals surface area contributed by atoms with E-state index in [-0.39, 0.29) is 23.4 Å². The molecule has 34 heavy (non-hydrogen) atoms. The maximum Gasteiger partial charge on any atom is 0.329 e. The van der Waals surface area contributed by atoms with E-state index in [1.807, 2.05) is 0 Å². The molecule has 9 nitrogen and oxygen atoms in total. The fourth-order valence-corrected chi connectivity index (χ4v) is 5.22. The van der Waals surface area contributed by atoms with Crippen molar-refractivity contribution in [3.63, 3.8) is 0 Å². The van der Waals surface area contributed by atoms with Gasteiger partial charge in [-0.15, -0.1) is 0 Å². The maximum atomic E-state index is 14.4. The molecule has 4 atom stereocenters. The average Bonchev–Trinajstić information content (AvgIpc) is 3.39. The summed E-state index contributed by atoms with van der Waals surface area (Å²) < 4.78 is 20.8. The third kappa shape index (κ3) is 3.21. The number of hydrogen-bond acceptors (Lipinski definition) is 7. The van der Waals surface area contributed by atoms with Gasteiger partial charge in [-0.05, 0) is 18.2 Å². The molecule has 2 aliphatic rings. The molecule has 1 saturated heterocycles. The number of hydrogen-bond donors (Lipinski definition) is 1. The molecule has 0 aliphatic carbocycles. The molecule has 0 spiro atoms. The number of carbonyl (C=O) groups excluding carboxylic acids is 2. The fraction of sp³-hybridized carbons (Fsp3) is 0.292. The van der Waals surface area contributed by atoms with Gasteiger partial charge in [-0.2, -0.15) is 0 Å². The van der Waals surface area contributed by atoms with E-state index in [9.17, 15) is 23.9 Å². The number of likely N-dealkylation sites (tertiary alicyclic amines) is 1. The largest absolute Gasteiger partial charge is 0.467 e. The molecule has 174 valence electrons. The average molecular weight is 464 g/mol. The number of esters is 1. The summed E-state index contributed by atoms with van der Waals surface area (Å²) in [7, 11) is 1.22. The minimum atomic E-state index is -1.06. The van der Waals surface area contributed by atoms with Gasteiger partial charge in [-0.3, -0.25) is 14.6 Å². The number of aromatic nitrogens is 3. The summed E-state index contributed by atoms with van der Waals surface area (Å²) >= 11 is 0. The smallest absolute Gasteiger partial charge is 0.329 e. The molecular formula is C24H21FN4O5. The lowest BCUT2D eigenvalue weighted by molar-refractivity contribution is -0.147. The van der Waals surface area contributed by atoms with Crippen LogP contribution in [0.15, 0.2) is 59.8 Å². The first-order valence-electron chi connectivity index (χ1n) is 10.7. The van der Waals surface area contributed by atoms with Crippen molar-refractivity contribution in [3.05, 3.63) is 82.5 Å². The molecule has 2 aromatic heterocycles. The van der Waals surface area contributed by atoms with Crippen LogP contribution in [0.3, 0.4) is 0 Å². The maximum absolute atomic E-state index is 14.4. The number of halogens is 1. The third-order valence-electron chi connectivity index (χ3n) is 6.70. The highest BCUT2D eigenvalue weighted by Crippen LogP contribution is 2.50. The summed E-state index contributed by atoms with van der Waals surface area (Å²) in [5.41, 5.74) is 0.488. The van der Waals surface area contributed by atoms with Crippen molar-refractivity contribution in [3.8, 4) is 11.1 Å². The van der Waals surface area contributed by atoms with E-state index >= 15 is 0 Å². The Labute approximate surface area is 193 Å². The van der Waals surface area contributed by atoms with Crippen molar-refractivity contribution in [2.45, 2.75) is 18.6 Å². The van der Waals surface area contributed by atoms with Gasteiger partial charge in [0.15, 0.2) is 0 Å². The van der Waals surface area contributed by atoms with Crippen LogP contribution in [0.2, 0.25) is 0 Å². The number of rotatable bonds is 4. The summed E-state index contributed by atoms with van der Waals surface area (Å²) in [6.45, 7) is -0.238. The number of aliphatic hydroxyl groups is 1. The molecule has 1 fully saturated rings. The highest BCUT2D eigenvalue weighted by Gasteiger charge is 2.58. The SMILES string of the molecule is COC(=O)[C@@H]1[C@@H](CO)[C@@H]2Cn3c(ccc(-c4ccccc4F)c3=O)[C@@H]2N1C(=O)c1cnccn1. The van der Waals surface area contributed by atoms with Gasteiger partial charge in [0.25, 0.3) is 11.5 Å². The van der Waals surface area contributed by atoms with E-state index in [0.717, 1.165) is 0 Å². The second kappa shape index (κ2) is 8.45. The first-order chi connectivity index (χ1) is 16.5. The molecule has 3 aromatic rings. The van der Waals surface area contributed by atoms with E-state index < -0.39 is 53.8 Å². The number of aliphatic hydroxyl groups excluding tert-OH is 1. The van der Waals surface area contributed by atoms with Crippen LogP contribution in [0.5, 0.6) is 0 Å². The van der Waals surface area contributed by atoms with E-state index in [1.54, 1.807) is 18.2 Å². The molecule has 2 aliphatic heterocycles. The van der Waals surface area contributed by atoms with Gasteiger partial charge in [-0.25, -0.2) is 14.2 Å². The Morgan fingerprint density at radius 2 is 1.97 bits per heavy atom. The molecule has 0 saturated carbocycles. The normalized spacial score (nSPS) is 22.9. The van der Waals surface area contributed by atoms with Gasteiger partial charge in [0.1, 0.15) is 17.6 Å². The summed E-state index contributed by atoms with van der Waals surface area (Å²) in [5, 5.41) is 10.2. The van der Waals surface area contributed by atoms with Crippen molar-refractivity contribution in [1.29, 1.82) is 0 Å². The van der Waals surface area contributed by atoms with Crippen LogP contribution in [0.25, 0.3) is 11.1 Å². The van der Waals surface area contributed by atoms with Gasteiger partial charge in [0.05, 0.1) is 24.9 Å². The number of ether oxygens (including phenoxy) is 1. The van der Waals surface area contributed by atoms with Crippen LogP contribution < -0.4 is 5.56 Å². The first-order valence-corrected chi connectivity index (χ1v) is 10.7. The lowest BCUT2D eigenvalue weighted by atomic mass is 9.88. The Morgan fingerprint density at radius 1 is 1.18 bits per heavy atom. The summed E-state index contributed by atoms with van der Waals surface area (Å²) in [6.07, 6.45) is 4.08. The van der Waals surface area contributed by atoms with Gasteiger partial charge < -0.3 is 19.3 Å². The molecule has 0 unspecified atom stereocenters. The zero-order valence-electron chi connectivity index (χ0n) is 18.2. The highest BCUT2D eigenvalue weighted by atomic mass is 19.1. The Morgan fingerprint density at radius 3 is 2.65 bits per heavy atom. The molecular weight excluding hydrogens is 443 g/mol. The molecule has 1 amide bonds. The topological polar surface area (TPSA) is 115 Å². The number of fused-ring (bicyclic) bond motifs is 3. The van der Waals surface area contributed by atoms with Crippen molar-refractivity contribution < 1.29 is 23.8 Å². The number of methoxy groups -OCH3 is 1. The quantitative estimate of drug-likeness (QED) is 0.581. The summed E-state index contributed by atoms with van der Waals surface area (Å²) in [4.78, 5) is 49.0. The standard InChI is InChI=1S/C24H21FN4O5/c1-34-24(33)21-16(12-30)15-11-28-19(20(15)29(21)23(32)18-10-26-8-9-27-18)7-6-14(22(28)31)13-4-2-3-5-17(13)25/h2-10,15-16,20-21,30H,11-12H2,1H3/t15-,16-,20+,21-/m0/s1. The molecule has 1 aromatic carbocycles. The van der Waals surface area contributed by atoms with Crippen molar-refractivity contribution in [2.75, 3.05) is 13.7 Å². The second-order valence-electron chi connectivity index (χ2n) is 8.29. The lowest BCUT2D eigenvalue weighted by Gasteiger charge is -2.29. The number of carbonyl (C=O) groups is 2. The minimum absolute atomic E-state index is 0.0255. The molecule has 1 N–H and O–H groups in total. The number of benzene rings is 1. The second-order valence-corrected chi connectivity index (χ2v) is 8.29. The highest BCUT2D eigenvalue weighted by molar-refractivity contribution is 5.96. The zero-order chi connectivity index (χ0) is 24.0. The number of amides is 1. The van der Waals surface area contributed by atoms with Crippen LogP contribution in [0.4, 0.5) is 4.39 Å². The fourth-order valence-electron chi connectivity index (χ4n) is 5.22. The van der Waals surface area contributed by atoms with Gasteiger partial charge in [0, 0.05) is 48.6 Å². The van der Waals surface area contributed by atoms with Gasteiger partial charge >= 0.3 is 5.97 Å². The van der Waals surface area contributed by atoms with Crippen LogP contribution in [0, 0.1) is 17.7 Å². The summed E-state index contributed by atoms with van der Waals surface area (Å²) in [5.74, 6) is -2.85. The molecule has 0 bridgehead atoms. The molecule has 5 rings (SSSR count). The van der Waals surface area contributed by atoms with Gasteiger partial charge in [0.2, 0.25) is 0 Å². The summed E-state index contributed by atoms with van der Waals surface area (Å²) in [6, 6.07) is 7.46. The van der Waals surface area contributed by atoms with Crippen LogP contribution in [-0.4, -0.2) is 56.2 Å². The zero-order valence-corrected chi connectivity index (χ0v) is 18.2. The van der Waals surface area contributed by atoms with Crippen molar-refractivity contribution in [2.24, 2.45) is 11.8 Å². The Bertz CT molecular complexity index is 1330. The van der Waals surface area contributed by atoms with Crippen LogP contribution >= 0.6 is 0 Å². The number of pyridine rings is 1. The Hall–Kier alpha value is -3.92. The van der Waals surface area contributed by atoms with E-state index in [1.165, 1.54) is 53.4 Å². The van der Waals surface area contributed by atoms with E-state index in [0.29, 0.717) is 5.69 Å². The Balaban J connectivity index is 1.65. The molecule has 10 heteroatoms. The lowest BCUT2D eigenvalue weighted by Crippen LogP contribution is -2.46. The number of nitrogens with zero attached hydrogens (tertiary/aromatic N) is 4. The van der Waals surface area contributed by atoms with Crippen molar-refractivity contribution in [1.82, 2.24) is 19.4 Å².